The van der Waals surface area contributed by atoms with E-state index in [1.165, 1.54) is 0 Å². The van der Waals surface area contributed by atoms with Gasteiger partial charge in [0.25, 0.3) is 0 Å². The molecule has 1 aliphatic carbocycles. The topological polar surface area (TPSA) is 91.0 Å². The van der Waals surface area contributed by atoms with E-state index in [1.807, 2.05) is 30.3 Å². The maximum absolute atomic E-state index is 11.9. The quantitative estimate of drug-likeness (QED) is 0.485. The first-order chi connectivity index (χ1) is 8.62. The van der Waals surface area contributed by atoms with E-state index in [1.54, 1.807) is 0 Å². The number of carbonyl (C=O) groups is 1. The van der Waals surface area contributed by atoms with E-state index < -0.39 is 5.54 Å². The molecule has 1 saturated carbocycles. The summed E-state index contributed by atoms with van der Waals surface area (Å²) >= 11 is 0. The molecule has 1 aliphatic rings. The van der Waals surface area contributed by atoms with Gasteiger partial charge in [-0.25, -0.2) is 4.79 Å². The Kier molecular flexibility index (Phi) is 3.50. The largest absolute Gasteiger partial charge is 0.386 e. The van der Waals surface area contributed by atoms with Crippen LogP contribution in [-0.2, 0) is 0 Å². The van der Waals surface area contributed by atoms with Crippen LogP contribution in [0.1, 0.15) is 25.7 Å². The number of hydrogen-bond donors (Lipinski definition) is 4. The Balaban J connectivity index is 2.00. The van der Waals surface area contributed by atoms with Crippen LogP contribution in [0.2, 0.25) is 0 Å². The molecule has 2 rings (SSSR count). The number of amidine groups is 1. The van der Waals surface area contributed by atoms with Crippen molar-refractivity contribution in [3.05, 3.63) is 30.3 Å². The molecule has 5 N–H and O–H groups in total. The van der Waals surface area contributed by atoms with Crippen LogP contribution >= 0.6 is 0 Å². The molecule has 1 fully saturated rings. The summed E-state index contributed by atoms with van der Waals surface area (Å²) < 4.78 is 0. The van der Waals surface area contributed by atoms with Gasteiger partial charge in [-0.15, -0.1) is 0 Å². The third kappa shape index (κ3) is 2.61. The van der Waals surface area contributed by atoms with E-state index in [4.69, 9.17) is 11.1 Å². The Morgan fingerprint density at radius 3 is 2.39 bits per heavy atom. The molecule has 0 unspecified atom stereocenters. The molecule has 5 heteroatoms. The van der Waals surface area contributed by atoms with E-state index in [-0.39, 0.29) is 11.9 Å². The lowest BCUT2D eigenvalue weighted by atomic mass is 9.96. The molecule has 0 saturated heterocycles. The normalized spacial score (nSPS) is 17.1. The van der Waals surface area contributed by atoms with Crippen molar-refractivity contribution in [2.24, 2.45) is 5.73 Å². The molecular formula is C13H18N4O. The van der Waals surface area contributed by atoms with Crippen molar-refractivity contribution in [3.63, 3.8) is 0 Å². The monoisotopic (exact) mass is 246 g/mol. The molecule has 1 aromatic rings. The smallest absolute Gasteiger partial charge is 0.320 e. The maximum Gasteiger partial charge on any atom is 0.320 e. The fraction of sp³-hybridized carbons (Fsp3) is 0.385. The Morgan fingerprint density at radius 1 is 1.22 bits per heavy atom. The molecule has 0 aliphatic heterocycles. The van der Waals surface area contributed by atoms with Gasteiger partial charge >= 0.3 is 6.03 Å². The number of rotatable bonds is 3. The number of anilines is 1. The molecular weight excluding hydrogens is 228 g/mol. The summed E-state index contributed by atoms with van der Waals surface area (Å²) in [5.74, 6) is 0.0446. The fourth-order valence-electron chi connectivity index (χ4n) is 2.34. The minimum absolute atomic E-state index is 0.0446. The fourth-order valence-corrected chi connectivity index (χ4v) is 2.34. The molecule has 0 aromatic heterocycles. The zero-order valence-electron chi connectivity index (χ0n) is 10.2. The van der Waals surface area contributed by atoms with Gasteiger partial charge in [0.15, 0.2) is 0 Å². The van der Waals surface area contributed by atoms with Crippen LogP contribution < -0.4 is 16.4 Å². The predicted octanol–water partition coefficient (Wildman–Crippen LogP) is 2.06. The van der Waals surface area contributed by atoms with Crippen molar-refractivity contribution in [3.8, 4) is 0 Å². The highest BCUT2D eigenvalue weighted by atomic mass is 16.2. The van der Waals surface area contributed by atoms with Crippen LogP contribution in [0.5, 0.6) is 0 Å². The summed E-state index contributed by atoms with van der Waals surface area (Å²) in [5.41, 5.74) is 5.69. The zero-order valence-corrected chi connectivity index (χ0v) is 10.2. The molecule has 0 bridgehead atoms. The number of para-hydroxylation sites is 1. The van der Waals surface area contributed by atoms with E-state index in [0.29, 0.717) is 0 Å². The Hall–Kier alpha value is -2.04. The average Bonchev–Trinajstić information content (AvgIpc) is 2.80. The minimum atomic E-state index is -0.654. The molecule has 5 nitrogen and oxygen atoms in total. The summed E-state index contributed by atoms with van der Waals surface area (Å²) in [6.07, 6.45) is 3.46. The Morgan fingerprint density at radius 2 is 1.83 bits per heavy atom. The van der Waals surface area contributed by atoms with Gasteiger partial charge in [-0.1, -0.05) is 31.0 Å². The average molecular weight is 246 g/mol. The van der Waals surface area contributed by atoms with Crippen LogP contribution in [0, 0.1) is 5.41 Å². The van der Waals surface area contributed by atoms with Crippen molar-refractivity contribution in [1.29, 1.82) is 5.41 Å². The second-order valence-electron chi connectivity index (χ2n) is 4.65. The van der Waals surface area contributed by atoms with Crippen molar-refractivity contribution < 1.29 is 4.79 Å². The van der Waals surface area contributed by atoms with Gasteiger partial charge in [0.05, 0.1) is 5.54 Å². The highest BCUT2D eigenvalue weighted by Gasteiger charge is 2.38. The van der Waals surface area contributed by atoms with Gasteiger partial charge in [0, 0.05) is 5.69 Å². The van der Waals surface area contributed by atoms with Gasteiger partial charge in [-0.05, 0) is 25.0 Å². The lowest BCUT2D eigenvalue weighted by Gasteiger charge is -2.28. The van der Waals surface area contributed by atoms with Crippen molar-refractivity contribution in [2.75, 3.05) is 5.32 Å². The Labute approximate surface area is 106 Å². The number of carbonyl (C=O) groups excluding carboxylic acids is 1. The van der Waals surface area contributed by atoms with Crippen LogP contribution in [0.15, 0.2) is 30.3 Å². The van der Waals surface area contributed by atoms with E-state index in [9.17, 15) is 4.79 Å². The molecule has 1 aromatic carbocycles. The summed E-state index contributed by atoms with van der Waals surface area (Å²) in [4.78, 5) is 11.9. The number of urea groups is 1. The molecule has 2 amide bonds. The van der Waals surface area contributed by atoms with E-state index in [2.05, 4.69) is 10.6 Å². The summed E-state index contributed by atoms with van der Waals surface area (Å²) in [6.45, 7) is 0. The number of hydrogen-bond acceptors (Lipinski definition) is 2. The maximum atomic E-state index is 11.9. The summed E-state index contributed by atoms with van der Waals surface area (Å²) in [5, 5.41) is 13.2. The zero-order chi connectivity index (χ0) is 13.0. The molecule has 96 valence electrons. The number of benzene rings is 1. The van der Waals surface area contributed by atoms with Crippen molar-refractivity contribution >= 4 is 17.6 Å². The molecule has 0 atom stereocenters. The van der Waals surface area contributed by atoms with Crippen LogP contribution in [0.3, 0.4) is 0 Å². The lowest BCUT2D eigenvalue weighted by Crippen LogP contribution is -2.56. The highest BCUT2D eigenvalue weighted by molar-refractivity contribution is 5.96. The second-order valence-corrected chi connectivity index (χ2v) is 4.65. The van der Waals surface area contributed by atoms with Gasteiger partial charge in [-0.2, -0.15) is 0 Å². The first-order valence-electron chi connectivity index (χ1n) is 6.11. The number of nitrogens with one attached hydrogen (secondary N) is 3. The summed E-state index contributed by atoms with van der Waals surface area (Å²) in [6, 6.07) is 8.91. The van der Waals surface area contributed by atoms with Gasteiger partial charge in [-0.3, -0.25) is 5.41 Å². The van der Waals surface area contributed by atoms with Crippen molar-refractivity contribution in [1.82, 2.24) is 5.32 Å². The van der Waals surface area contributed by atoms with Crippen LogP contribution in [-0.4, -0.2) is 17.4 Å². The Bertz CT molecular complexity index is 438. The van der Waals surface area contributed by atoms with Crippen molar-refractivity contribution in [2.45, 2.75) is 31.2 Å². The van der Waals surface area contributed by atoms with Crippen LogP contribution in [0.25, 0.3) is 0 Å². The summed E-state index contributed by atoms with van der Waals surface area (Å²) in [7, 11) is 0. The standard InChI is InChI=1S/C13H18N4O/c14-11(15)13(8-4-5-9-13)17-12(18)16-10-6-2-1-3-7-10/h1-3,6-7H,4-5,8-9H2,(H3,14,15)(H2,16,17,18). The molecule has 0 heterocycles. The first-order valence-corrected chi connectivity index (χ1v) is 6.11. The second kappa shape index (κ2) is 5.08. The van der Waals surface area contributed by atoms with E-state index >= 15 is 0 Å². The molecule has 0 radical (unpaired) electrons. The minimum Gasteiger partial charge on any atom is -0.386 e. The third-order valence-electron chi connectivity index (χ3n) is 3.36. The van der Waals surface area contributed by atoms with Gasteiger partial charge in [0.2, 0.25) is 0 Å². The first kappa shape index (κ1) is 12.4. The number of nitrogens with two attached hydrogens (primary N) is 1. The van der Waals surface area contributed by atoms with Gasteiger partial charge in [0.1, 0.15) is 5.84 Å². The lowest BCUT2D eigenvalue weighted by molar-refractivity contribution is 0.244. The predicted molar refractivity (Wildman–Crippen MR) is 71.7 cm³/mol. The molecule has 18 heavy (non-hydrogen) atoms. The highest BCUT2D eigenvalue weighted by Crippen LogP contribution is 2.29. The molecule has 0 spiro atoms. The third-order valence-corrected chi connectivity index (χ3v) is 3.36. The SMILES string of the molecule is N=C(N)C1(NC(=O)Nc2ccccc2)CCCC1. The number of amides is 2. The van der Waals surface area contributed by atoms with Gasteiger partial charge < -0.3 is 16.4 Å². The van der Waals surface area contributed by atoms with E-state index in [0.717, 1.165) is 31.4 Å². The van der Waals surface area contributed by atoms with Crippen LogP contribution in [0.4, 0.5) is 10.5 Å².